The van der Waals surface area contributed by atoms with Crippen LogP contribution in [0.4, 0.5) is 0 Å². The van der Waals surface area contributed by atoms with Crippen LogP contribution in [-0.2, 0) is 23.9 Å². The van der Waals surface area contributed by atoms with Crippen molar-refractivity contribution < 1.29 is 28.6 Å². The maximum Gasteiger partial charge on any atom is 0.336 e. The van der Waals surface area contributed by atoms with E-state index in [-0.39, 0.29) is 19.0 Å². The molecule has 7 heteroatoms. The second-order valence-corrected chi connectivity index (χ2v) is 9.27. The lowest BCUT2D eigenvalue weighted by molar-refractivity contribution is -0.152. The number of ketones is 1. The molecule has 4 rings (SSSR count). The molecular formula is C30H33NO6. The number of ether oxygens (including phenoxy) is 3. The fraction of sp³-hybridized carbons (Fsp3) is 0.367. The van der Waals surface area contributed by atoms with Crippen LogP contribution in [0.5, 0.6) is 5.75 Å². The lowest BCUT2D eigenvalue weighted by Crippen LogP contribution is -2.43. The highest BCUT2D eigenvalue weighted by Crippen LogP contribution is 2.49. The lowest BCUT2D eigenvalue weighted by Gasteiger charge is -2.39. The van der Waals surface area contributed by atoms with E-state index < -0.39 is 29.7 Å². The Kier molecular flexibility index (Phi) is 7.81. The zero-order valence-corrected chi connectivity index (χ0v) is 21.9. The van der Waals surface area contributed by atoms with Crippen molar-refractivity contribution in [1.29, 1.82) is 0 Å². The Hall–Kier alpha value is -3.87. The largest absolute Gasteiger partial charge is 0.496 e. The number of carbonyl (C=O) groups is 3. The molecule has 3 atom stereocenters. The summed E-state index contributed by atoms with van der Waals surface area (Å²) in [7, 11) is 1.57. The third kappa shape index (κ3) is 4.90. The van der Waals surface area contributed by atoms with E-state index in [9.17, 15) is 14.4 Å². The van der Waals surface area contributed by atoms with Crippen molar-refractivity contribution in [3.05, 3.63) is 87.8 Å². The maximum atomic E-state index is 14.3. The second kappa shape index (κ2) is 11.0. The number of methoxy groups -OCH3 is 1. The zero-order chi connectivity index (χ0) is 26.7. The summed E-state index contributed by atoms with van der Waals surface area (Å²) in [5, 5.41) is 3.32. The van der Waals surface area contributed by atoms with Gasteiger partial charge in [-0.2, -0.15) is 0 Å². The summed E-state index contributed by atoms with van der Waals surface area (Å²) in [6, 6.07) is 15.1. The summed E-state index contributed by atoms with van der Waals surface area (Å²) in [5.74, 6) is -3.07. The van der Waals surface area contributed by atoms with E-state index in [1.807, 2.05) is 62.4 Å². The number of rotatable bonds is 7. The first-order valence-corrected chi connectivity index (χ1v) is 12.6. The number of carbonyl (C=O) groups excluding carboxylic acids is 3. The molecule has 0 unspecified atom stereocenters. The van der Waals surface area contributed by atoms with Gasteiger partial charge in [0.05, 0.1) is 25.9 Å². The molecule has 0 radical (unpaired) electrons. The Morgan fingerprint density at radius 3 is 2.30 bits per heavy atom. The molecule has 7 nitrogen and oxygen atoms in total. The molecule has 0 saturated heterocycles. The minimum absolute atomic E-state index is 0.153. The number of esters is 2. The van der Waals surface area contributed by atoms with E-state index in [4.69, 9.17) is 14.2 Å². The number of aryl methyl sites for hydroxylation is 1. The average molecular weight is 504 g/mol. The number of dihydropyridines is 1. The predicted molar refractivity (Wildman–Crippen MR) is 139 cm³/mol. The zero-order valence-electron chi connectivity index (χ0n) is 21.9. The van der Waals surface area contributed by atoms with Crippen LogP contribution < -0.4 is 10.1 Å². The minimum Gasteiger partial charge on any atom is -0.496 e. The Balaban J connectivity index is 1.91. The number of allylic oxidation sites excluding steroid dienone is 3. The molecule has 2 aliphatic rings. The molecule has 0 aromatic heterocycles. The van der Waals surface area contributed by atoms with Gasteiger partial charge in [-0.1, -0.05) is 48.0 Å². The molecule has 1 N–H and O–H groups in total. The van der Waals surface area contributed by atoms with E-state index in [0.717, 1.165) is 16.7 Å². The van der Waals surface area contributed by atoms with Crippen molar-refractivity contribution in [2.75, 3.05) is 20.3 Å². The molecule has 1 aliphatic carbocycles. The highest BCUT2D eigenvalue weighted by atomic mass is 16.5. The van der Waals surface area contributed by atoms with Gasteiger partial charge in [-0.05, 0) is 51.3 Å². The Morgan fingerprint density at radius 1 is 0.973 bits per heavy atom. The number of benzene rings is 2. The van der Waals surface area contributed by atoms with Crippen molar-refractivity contribution in [1.82, 2.24) is 5.32 Å². The molecule has 0 fully saturated rings. The van der Waals surface area contributed by atoms with Crippen LogP contribution in [0.15, 0.2) is 71.1 Å². The first kappa shape index (κ1) is 26.2. The van der Waals surface area contributed by atoms with Crippen LogP contribution in [0.25, 0.3) is 0 Å². The van der Waals surface area contributed by atoms with Gasteiger partial charge >= 0.3 is 11.9 Å². The summed E-state index contributed by atoms with van der Waals surface area (Å²) in [5.41, 5.74) is 4.70. The monoisotopic (exact) mass is 503 g/mol. The first-order valence-electron chi connectivity index (χ1n) is 12.6. The van der Waals surface area contributed by atoms with Gasteiger partial charge in [0.15, 0.2) is 5.78 Å². The van der Waals surface area contributed by atoms with Crippen LogP contribution in [0.3, 0.4) is 0 Å². The van der Waals surface area contributed by atoms with Crippen LogP contribution in [0.2, 0.25) is 0 Å². The molecular weight excluding hydrogens is 470 g/mol. The molecule has 0 amide bonds. The molecule has 2 aromatic rings. The molecule has 1 heterocycles. The smallest absolute Gasteiger partial charge is 0.336 e. The lowest BCUT2D eigenvalue weighted by atomic mass is 9.67. The minimum atomic E-state index is -1.08. The number of hydrogen-bond acceptors (Lipinski definition) is 7. The second-order valence-electron chi connectivity index (χ2n) is 9.27. The van der Waals surface area contributed by atoms with Gasteiger partial charge in [-0.25, -0.2) is 4.79 Å². The molecule has 0 bridgehead atoms. The fourth-order valence-corrected chi connectivity index (χ4v) is 5.37. The van der Waals surface area contributed by atoms with Crippen LogP contribution in [0, 0.1) is 12.8 Å². The normalized spacial score (nSPS) is 21.2. The van der Waals surface area contributed by atoms with E-state index in [2.05, 4.69) is 5.32 Å². The summed E-state index contributed by atoms with van der Waals surface area (Å²) >= 11 is 0. The molecule has 1 aliphatic heterocycles. The SMILES string of the molecule is CCOC(=O)C1=C(C)NC2=C(C(=O)[C@H](C(=O)OCC)[C@@H](c3ccccc3OC)C2)[C@H]1c1ccc(C)cc1. The number of Topliss-reactive ketones (excluding diaryl/α,β-unsaturated/α-hetero) is 1. The van der Waals surface area contributed by atoms with Crippen molar-refractivity contribution >= 4 is 17.7 Å². The molecule has 37 heavy (non-hydrogen) atoms. The van der Waals surface area contributed by atoms with E-state index >= 15 is 0 Å². The highest BCUT2D eigenvalue weighted by molar-refractivity contribution is 6.13. The maximum absolute atomic E-state index is 14.3. The highest BCUT2D eigenvalue weighted by Gasteiger charge is 2.49. The summed E-state index contributed by atoms with van der Waals surface area (Å²) in [4.78, 5) is 40.8. The molecule has 194 valence electrons. The number of nitrogens with one attached hydrogen (secondary N) is 1. The Bertz CT molecular complexity index is 1270. The van der Waals surface area contributed by atoms with Crippen molar-refractivity contribution in [2.24, 2.45) is 5.92 Å². The summed E-state index contributed by atoms with van der Waals surface area (Å²) < 4.78 is 16.4. The Labute approximate surface area is 217 Å². The van der Waals surface area contributed by atoms with Crippen LogP contribution in [-0.4, -0.2) is 38.0 Å². The summed E-state index contributed by atoms with van der Waals surface area (Å²) in [6.07, 6.45) is 0.376. The van der Waals surface area contributed by atoms with Gasteiger partial charge in [-0.3, -0.25) is 9.59 Å². The quantitative estimate of drug-likeness (QED) is 0.432. The van der Waals surface area contributed by atoms with Gasteiger partial charge in [-0.15, -0.1) is 0 Å². The van der Waals surface area contributed by atoms with E-state index in [1.165, 1.54) is 0 Å². The van der Waals surface area contributed by atoms with E-state index in [0.29, 0.717) is 34.7 Å². The first-order chi connectivity index (χ1) is 17.8. The third-order valence-corrected chi connectivity index (χ3v) is 7.00. The van der Waals surface area contributed by atoms with Gasteiger partial charge < -0.3 is 19.5 Å². The topological polar surface area (TPSA) is 90.9 Å². The average Bonchev–Trinajstić information content (AvgIpc) is 2.88. The molecule has 0 spiro atoms. The summed E-state index contributed by atoms with van der Waals surface area (Å²) in [6.45, 7) is 7.62. The fourth-order valence-electron chi connectivity index (χ4n) is 5.37. The van der Waals surface area contributed by atoms with Crippen LogP contribution in [0.1, 0.15) is 55.7 Å². The van der Waals surface area contributed by atoms with Crippen molar-refractivity contribution in [3.63, 3.8) is 0 Å². The van der Waals surface area contributed by atoms with Crippen molar-refractivity contribution in [3.8, 4) is 5.75 Å². The Morgan fingerprint density at radius 2 is 1.65 bits per heavy atom. The van der Waals surface area contributed by atoms with Gasteiger partial charge in [0.25, 0.3) is 0 Å². The number of hydrogen-bond donors (Lipinski definition) is 1. The van der Waals surface area contributed by atoms with Gasteiger partial charge in [0.2, 0.25) is 0 Å². The van der Waals surface area contributed by atoms with Gasteiger partial charge in [0.1, 0.15) is 11.7 Å². The standard InChI is InChI=1S/C30H33NO6/c1-6-36-29(33)24-18(4)31-22-16-21(20-10-8-9-11-23(20)35-5)26(30(34)37-7-2)28(32)27(22)25(24)19-14-12-17(3)13-15-19/h8-15,21,25-26,31H,6-7,16H2,1-5H3/t21-,25+,26-/m1/s1. The van der Waals surface area contributed by atoms with Crippen molar-refractivity contribution in [2.45, 2.75) is 46.0 Å². The molecule has 0 saturated carbocycles. The molecule has 2 aromatic carbocycles. The van der Waals surface area contributed by atoms with E-state index in [1.54, 1.807) is 21.0 Å². The van der Waals surface area contributed by atoms with Gasteiger partial charge in [0, 0.05) is 28.8 Å². The predicted octanol–water partition coefficient (Wildman–Crippen LogP) is 4.72. The third-order valence-electron chi connectivity index (χ3n) is 7.00. The van der Waals surface area contributed by atoms with Crippen LogP contribution >= 0.6 is 0 Å². The number of para-hydroxylation sites is 1.